The molecule has 0 heterocycles. The molecular formula is C15H9F3. The third-order valence-electron chi connectivity index (χ3n) is 3.09. The first-order chi connectivity index (χ1) is 8.56. The van der Waals surface area contributed by atoms with E-state index in [1.54, 1.807) is 12.1 Å². The van der Waals surface area contributed by atoms with Gasteiger partial charge in [0.05, 0.1) is 0 Å². The zero-order valence-electron chi connectivity index (χ0n) is 9.60. The van der Waals surface area contributed by atoms with E-state index in [1.165, 1.54) is 0 Å². The standard InChI is InChI=1S/C15H9F3/c1-8-2-3-9-5-11-7-13(16)15(18)14(17)12(11)6-10(9)4-8/h2-7H,1H3. The molecule has 0 bridgehead atoms. The lowest BCUT2D eigenvalue weighted by Crippen LogP contribution is -1.92. The SMILES string of the molecule is Cc1ccc2cc3cc(F)c(F)c(F)c3cc2c1. The maximum absolute atomic E-state index is 13.7. The summed E-state index contributed by atoms with van der Waals surface area (Å²) in [6, 6.07) is 9.92. The van der Waals surface area contributed by atoms with Gasteiger partial charge in [-0.15, -0.1) is 0 Å². The van der Waals surface area contributed by atoms with Crippen LogP contribution in [0, 0.1) is 24.4 Å². The van der Waals surface area contributed by atoms with Gasteiger partial charge < -0.3 is 0 Å². The maximum atomic E-state index is 13.7. The van der Waals surface area contributed by atoms with Gasteiger partial charge >= 0.3 is 0 Å². The lowest BCUT2D eigenvalue weighted by atomic mass is 10.0. The van der Waals surface area contributed by atoms with Crippen LogP contribution in [0.5, 0.6) is 0 Å². The van der Waals surface area contributed by atoms with Gasteiger partial charge in [-0.05, 0) is 41.3 Å². The zero-order chi connectivity index (χ0) is 12.9. The van der Waals surface area contributed by atoms with E-state index in [-0.39, 0.29) is 5.39 Å². The van der Waals surface area contributed by atoms with Crippen LogP contribution in [0.1, 0.15) is 5.56 Å². The second kappa shape index (κ2) is 3.73. The quantitative estimate of drug-likeness (QED) is 0.397. The number of hydrogen-bond acceptors (Lipinski definition) is 0. The summed E-state index contributed by atoms with van der Waals surface area (Å²) in [4.78, 5) is 0. The average Bonchev–Trinajstić information content (AvgIpc) is 2.35. The van der Waals surface area contributed by atoms with Crippen molar-refractivity contribution in [3.63, 3.8) is 0 Å². The topological polar surface area (TPSA) is 0 Å². The second-order valence-corrected chi connectivity index (χ2v) is 4.41. The molecule has 3 heteroatoms. The Morgan fingerprint density at radius 3 is 2.28 bits per heavy atom. The molecular weight excluding hydrogens is 237 g/mol. The summed E-state index contributed by atoms with van der Waals surface area (Å²) in [7, 11) is 0. The Kier molecular flexibility index (Phi) is 2.30. The van der Waals surface area contributed by atoms with Crippen molar-refractivity contribution in [1.82, 2.24) is 0 Å². The van der Waals surface area contributed by atoms with Crippen LogP contribution in [-0.4, -0.2) is 0 Å². The highest BCUT2D eigenvalue weighted by atomic mass is 19.2. The van der Waals surface area contributed by atoms with Gasteiger partial charge in [0.25, 0.3) is 0 Å². The molecule has 0 aliphatic carbocycles. The highest BCUT2D eigenvalue weighted by Gasteiger charge is 2.13. The van der Waals surface area contributed by atoms with E-state index in [1.807, 2.05) is 25.1 Å². The van der Waals surface area contributed by atoms with Crippen molar-refractivity contribution in [2.45, 2.75) is 6.92 Å². The molecule has 3 aromatic carbocycles. The Balaban J connectivity index is 2.49. The molecule has 0 amide bonds. The highest BCUT2D eigenvalue weighted by molar-refractivity contribution is 5.98. The summed E-state index contributed by atoms with van der Waals surface area (Å²) in [5.74, 6) is -3.71. The van der Waals surface area contributed by atoms with Crippen LogP contribution in [0.25, 0.3) is 21.5 Å². The van der Waals surface area contributed by atoms with Gasteiger partial charge in [-0.25, -0.2) is 13.2 Å². The highest BCUT2D eigenvalue weighted by Crippen LogP contribution is 2.28. The molecule has 0 fully saturated rings. The minimum absolute atomic E-state index is 0.104. The largest absolute Gasteiger partial charge is 0.204 e. The molecule has 18 heavy (non-hydrogen) atoms. The van der Waals surface area contributed by atoms with Gasteiger partial charge in [-0.3, -0.25) is 0 Å². The van der Waals surface area contributed by atoms with Crippen molar-refractivity contribution in [3.8, 4) is 0 Å². The maximum Gasteiger partial charge on any atom is 0.195 e. The van der Waals surface area contributed by atoms with Crippen LogP contribution >= 0.6 is 0 Å². The van der Waals surface area contributed by atoms with E-state index in [0.717, 1.165) is 22.4 Å². The average molecular weight is 246 g/mol. The van der Waals surface area contributed by atoms with E-state index in [9.17, 15) is 13.2 Å². The minimum atomic E-state index is -1.42. The van der Waals surface area contributed by atoms with Crippen LogP contribution in [0.15, 0.2) is 36.4 Å². The predicted octanol–water partition coefficient (Wildman–Crippen LogP) is 4.72. The predicted molar refractivity (Wildman–Crippen MR) is 66.1 cm³/mol. The fourth-order valence-electron chi connectivity index (χ4n) is 2.17. The molecule has 0 radical (unpaired) electrons. The number of aryl methyl sites for hydroxylation is 1. The third-order valence-corrected chi connectivity index (χ3v) is 3.09. The number of fused-ring (bicyclic) bond motifs is 2. The fraction of sp³-hybridized carbons (Fsp3) is 0.0667. The van der Waals surface area contributed by atoms with Crippen LogP contribution < -0.4 is 0 Å². The van der Waals surface area contributed by atoms with Crippen LogP contribution in [0.2, 0.25) is 0 Å². The van der Waals surface area contributed by atoms with E-state index >= 15 is 0 Å². The van der Waals surface area contributed by atoms with Crippen LogP contribution in [0.3, 0.4) is 0 Å². The van der Waals surface area contributed by atoms with Crippen molar-refractivity contribution < 1.29 is 13.2 Å². The van der Waals surface area contributed by atoms with Crippen molar-refractivity contribution >= 4 is 21.5 Å². The molecule has 0 saturated carbocycles. The summed E-state index contributed by atoms with van der Waals surface area (Å²) in [5.41, 5.74) is 1.03. The zero-order valence-corrected chi connectivity index (χ0v) is 9.60. The molecule has 0 spiro atoms. The van der Waals surface area contributed by atoms with E-state index in [4.69, 9.17) is 0 Å². The molecule has 0 aliphatic rings. The Morgan fingerprint density at radius 1 is 0.722 bits per heavy atom. The molecule has 3 aromatic rings. The summed E-state index contributed by atoms with van der Waals surface area (Å²) in [6.07, 6.45) is 0. The van der Waals surface area contributed by atoms with Crippen molar-refractivity contribution in [2.75, 3.05) is 0 Å². The molecule has 0 aliphatic heterocycles. The van der Waals surface area contributed by atoms with E-state index in [2.05, 4.69) is 0 Å². The Morgan fingerprint density at radius 2 is 1.50 bits per heavy atom. The molecule has 90 valence electrons. The molecule has 0 N–H and O–H groups in total. The van der Waals surface area contributed by atoms with Crippen molar-refractivity contribution in [1.29, 1.82) is 0 Å². The van der Waals surface area contributed by atoms with Crippen molar-refractivity contribution in [3.05, 3.63) is 59.4 Å². The molecule has 0 nitrogen and oxygen atoms in total. The Labute approximate surface area is 102 Å². The summed E-state index contributed by atoms with van der Waals surface area (Å²) in [5, 5.41) is 2.15. The Hall–Kier alpha value is -2.03. The van der Waals surface area contributed by atoms with Gasteiger partial charge in [0, 0.05) is 5.39 Å². The molecule has 0 aromatic heterocycles. The summed E-state index contributed by atoms with van der Waals surface area (Å²) < 4.78 is 40.0. The first-order valence-corrected chi connectivity index (χ1v) is 5.54. The van der Waals surface area contributed by atoms with Crippen LogP contribution in [-0.2, 0) is 0 Å². The first kappa shape index (κ1) is 11.1. The molecule has 0 unspecified atom stereocenters. The molecule has 0 saturated heterocycles. The fourth-order valence-corrected chi connectivity index (χ4v) is 2.17. The number of halogens is 3. The number of rotatable bonds is 0. The minimum Gasteiger partial charge on any atom is -0.204 e. The monoisotopic (exact) mass is 246 g/mol. The van der Waals surface area contributed by atoms with Gasteiger partial charge in [0.2, 0.25) is 0 Å². The number of hydrogen-bond donors (Lipinski definition) is 0. The second-order valence-electron chi connectivity index (χ2n) is 4.41. The van der Waals surface area contributed by atoms with E-state index < -0.39 is 17.5 Å². The lowest BCUT2D eigenvalue weighted by molar-refractivity contribution is 0.453. The van der Waals surface area contributed by atoms with Gasteiger partial charge in [-0.1, -0.05) is 23.8 Å². The van der Waals surface area contributed by atoms with Gasteiger partial charge in [0.15, 0.2) is 17.5 Å². The molecule has 3 rings (SSSR count). The van der Waals surface area contributed by atoms with Crippen LogP contribution in [0.4, 0.5) is 13.2 Å². The Bertz CT molecular complexity index is 776. The van der Waals surface area contributed by atoms with Gasteiger partial charge in [0.1, 0.15) is 0 Å². The van der Waals surface area contributed by atoms with Crippen molar-refractivity contribution in [2.24, 2.45) is 0 Å². The summed E-state index contributed by atoms with van der Waals surface area (Å²) in [6.45, 7) is 1.92. The molecule has 0 atom stereocenters. The summed E-state index contributed by atoms with van der Waals surface area (Å²) >= 11 is 0. The first-order valence-electron chi connectivity index (χ1n) is 5.54. The normalized spacial score (nSPS) is 11.3. The van der Waals surface area contributed by atoms with Gasteiger partial charge in [-0.2, -0.15) is 0 Å². The lowest BCUT2D eigenvalue weighted by Gasteiger charge is -2.06. The third kappa shape index (κ3) is 1.55. The van der Waals surface area contributed by atoms with E-state index in [0.29, 0.717) is 5.39 Å². The number of benzene rings is 3. The smallest absolute Gasteiger partial charge is 0.195 e.